The molecule has 4 fully saturated rings. The van der Waals surface area contributed by atoms with Crippen LogP contribution in [-0.4, -0.2) is 95.0 Å². The smallest absolute Gasteiger partial charge is 0.315 e. The average molecular weight is 671 g/mol. The van der Waals surface area contributed by atoms with Gasteiger partial charge in [0.05, 0.1) is 6.04 Å². The molecule has 0 bridgehead atoms. The van der Waals surface area contributed by atoms with Crippen LogP contribution in [-0.2, 0) is 28.8 Å². The van der Waals surface area contributed by atoms with Crippen LogP contribution in [0.25, 0.3) is 0 Å². The van der Waals surface area contributed by atoms with E-state index in [-0.39, 0.29) is 60.9 Å². The van der Waals surface area contributed by atoms with E-state index in [1.54, 1.807) is 0 Å². The van der Waals surface area contributed by atoms with Gasteiger partial charge in [0.15, 0.2) is 0 Å². The number of carbonyl (C=O) groups excluding carboxylic acids is 7. The third-order valence-electron chi connectivity index (χ3n) is 10.6. The van der Waals surface area contributed by atoms with Crippen molar-refractivity contribution in [1.82, 2.24) is 31.1 Å². The van der Waals surface area contributed by atoms with E-state index in [1.807, 2.05) is 55.4 Å². The number of nitrogens with zero attached hydrogens (tertiary/aromatic N) is 2. The number of carbonyl (C=O) groups is 7. The van der Waals surface area contributed by atoms with Crippen LogP contribution in [0.15, 0.2) is 12.7 Å². The van der Waals surface area contributed by atoms with E-state index in [4.69, 9.17) is 0 Å². The molecule has 13 nitrogen and oxygen atoms in total. The SMILES string of the molecule is C=CCNC(=O)C(=O)C(NC(=O)[C@@H]1[C@@H]2[C@H](CN1C(=O)[C@@H](NC(=O)N[C@H](CN1C(=O)CCCC1=O)C(C)(C)C)C(C)(C)C)C2(C)C)C1CC1. The lowest BCUT2D eigenvalue weighted by Gasteiger charge is -2.39. The zero-order chi connectivity index (χ0) is 35.9. The zero-order valence-electron chi connectivity index (χ0n) is 29.7. The summed E-state index contributed by atoms with van der Waals surface area (Å²) < 4.78 is 0. The maximum Gasteiger partial charge on any atom is 0.315 e. The summed E-state index contributed by atoms with van der Waals surface area (Å²) in [6, 6.07) is -4.13. The molecule has 2 heterocycles. The van der Waals surface area contributed by atoms with E-state index >= 15 is 0 Å². The van der Waals surface area contributed by atoms with Gasteiger partial charge in [0.1, 0.15) is 18.1 Å². The van der Waals surface area contributed by atoms with Crippen LogP contribution in [0.3, 0.4) is 0 Å². The van der Waals surface area contributed by atoms with Gasteiger partial charge in [-0.2, -0.15) is 0 Å². The third kappa shape index (κ3) is 7.92. The van der Waals surface area contributed by atoms with Gasteiger partial charge >= 0.3 is 6.03 Å². The molecule has 2 aliphatic carbocycles. The molecule has 266 valence electrons. The fraction of sp³-hybridized carbons (Fsp3) is 0.743. The quantitative estimate of drug-likeness (QED) is 0.139. The van der Waals surface area contributed by atoms with E-state index in [0.29, 0.717) is 25.8 Å². The molecule has 0 aromatic rings. The van der Waals surface area contributed by atoms with Gasteiger partial charge in [-0.15, -0.1) is 6.58 Å². The number of nitrogens with one attached hydrogen (secondary N) is 4. The lowest BCUT2D eigenvalue weighted by atomic mass is 9.84. The molecule has 0 aromatic carbocycles. The molecule has 4 N–H and O–H groups in total. The van der Waals surface area contributed by atoms with Crippen LogP contribution in [0.4, 0.5) is 4.79 Å². The number of hydrogen-bond acceptors (Lipinski definition) is 7. The Bertz CT molecular complexity index is 1340. The van der Waals surface area contributed by atoms with Crippen molar-refractivity contribution in [3.63, 3.8) is 0 Å². The van der Waals surface area contributed by atoms with E-state index in [1.165, 1.54) is 15.9 Å². The summed E-state index contributed by atoms with van der Waals surface area (Å²) in [4.78, 5) is 95.3. The highest BCUT2D eigenvalue weighted by Gasteiger charge is 2.70. The van der Waals surface area contributed by atoms with Crippen molar-refractivity contribution in [2.75, 3.05) is 19.6 Å². The van der Waals surface area contributed by atoms with Crippen molar-refractivity contribution in [2.45, 2.75) is 112 Å². The van der Waals surface area contributed by atoms with Crippen LogP contribution in [0.2, 0.25) is 0 Å². The summed E-state index contributed by atoms with van der Waals surface area (Å²) in [6.45, 7) is 19.3. The van der Waals surface area contributed by atoms with E-state index in [2.05, 4.69) is 27.8 Å². The molecule has 6 atom stereocenters. The van der Waals surface area contributed by atoms with Gasteiger partial charge in [-0.25, -0.2) is 4.79 Å². The first kappa shape index (κ1) is 37.1. The summed E-state index contributed by atoms with van der Waals surface area (Å²) in [5.41, 5.74) is -1.49. The Morgan fingerprint density at radius 3 is 2.06 bits per heavy atom. The van der Waals surface area contributed by atoms with Crippen molar-refractivity contribution in [3.05, 3.63) is 12.7 Å². The molecule has 48 heavy (non-hydrogen) atoms. The minimum Gasteiger partial charge on any atom is -0.346 e. The highest BCUT2D eigenvalue weighted by atomic mass is 16.2. The summed E-state index contributed by atoms with van der Waals surface area (Å²) in [5, 5.41) is 11.1. The Balaban J connectivity index is 1.52. The summed E-state index contributed by atoms with van der Waals surface area (Å²) in [5.74, 6) is -3.20. The summed E-state index contributed by atoms with van der Waals surface area (Å²) >= 11 is 0. The van der Waals surface area contributed by atoms with Gasteiger partial charge < -0.3 is 26.2 Å². The van der Waals surface area contributed by atoms with E-state index < -0.39 is 64.5 Å². The minimum absolute atomic E-state index is 0.0159. The Morgan fingerprint density at radius 2 is 1.54 bits per heavy atom. The molecule has 2 aliphatic heterocycles. The monoisotopic (exact) mass is 670 g/mol. The first-order chi connectivity index (χ1) is 22.2. The van der Waals surface area contributed by atoms with Gasteiger partial charge in [-0.1, -0.05) is 61.5 Å². The van der Waals surface area contributed by atoms with Gasteiger partial charge in [-0.05, 0) is 53.3 Å². The second kappa shape index (κ2) is 13.6. The van der Waals surface area contributed by atoms with Crippen LogP contribution in [0, 0.1) is 34.0 Å². The Hall–Kier alpha value is -3.77. The largest absolute Gasteiger partial charge is 0.346 e. The molecule has 7 amide bonds. The normalized spacial score (nSPS) is 25.3. The predicted molar refractivity (Wildman–Crippen MR) is 178 cm³/mol. The van der Waals surface area contributed by atoms with Crippen LogP contribution >= 0.6 is 0 Å². The number of fused-ring (bicyclic) bond motifs is 1. The molecule has 1 unspecified atom stereocenters. The Kier molecular flexibility index (Phi) is 10.5. The number of amides is 7. The molecule has 2 saturated heterocycles. The molecule has 0 spiro atoms. The highest BCUT2D eigenvalue weighted by molar-refractivity contribution is 6.38. The first-order valence-corrected chi connectivity index (χ1v) is 17.1. The standard InChI is InChI=1S/C35H54N6O7/c1-10-16-36-30(46)27(44)25(19-14-15-19)38-29(45)26-24-20(35(24,8)9)17-41(26)31(47)28(34(5,6)7)39-32(48)37-21(33(2,3)4)18-40-22(42)12-11-13-23(40)43/h10,19-21,24-26,28H,1,11-18H2,2-9H3,(H,36,46)(H,38,45)(H2,37,39,48)/t20-,21+,24-,25?,26-,28+/m0/s1. The number of Topliss-reactive ketones (excluding diaryl/α,β-unsaturated/α-hetero) is 1. The van der Waals surface area contributed by atoms with Gasteiger partial charge in [0.2, 0.25) is 29.4 Å². The van der Waals surface area contributed by atoms with E-state index in [0.717, 1.165) is 0 Å². The molecule has 2 saturated carbocycles. The maximum absolute atomic E-state index is 14.4. The van der Waals surface area contributed by atoms with Crippen molar-refractivity contribution < 1.29 is 33.6 Å². The maximum atomic E-state index is 14.4. The lowest BCUT2D eigenvalue weighted by Crippen LogP contribution is -2.63. The number of hydrogen-bond donors (Lipinski definition) is 4. The molecular weight excluding hydrogens is 616 g/mol. The molecule has 0 radical (unpaired) electrons. The number of urea groups is 1. The van der Waals surface area contributed by atoms with Crippen molar-refractivity contribution in [2.24, 2.45) is 34.0 Å². The Morgan fingerprint density at radius 1 is 0.938 bits per heavy atom. The summed E-state index contributed by atoms with van der Waals surface area (Å²) in [7, 11) is 0. The fourth-order valence-electron chi connectivity index (χ4n) is 7.14. The van der Waals surface area contributed by atoms with E-state index in [9.17, 15) is 33.6 Å². The molecule has 4 aliphatic rings. The third-order valence-corrected chi connectivity index (χ3v) is 10.6. The molecule has 4 rings (SSSR count). The zero-order valence-corrected chi connectivity index (χ0v) is 29.7. The average Bonchev–Trinajstić information content (AvgIpc) is 3.85. The van der Waals surface area contributed by atoms with Crippen molar-refractivity contribution in [1.29, 1.82) is 0 Å². The Labute approximate surface area is 283 Å². The molecule has 13 heteroatoms. The number of piperidine rings is 2. The number of rotatable bonds is 12. The highest BCUT2D eigenvalue weighted by Crippen LogP contribution is 2.65. The van der Waals surface area contributed by atoms with Gasteiger partial charge in [-0.3, -0.25) is 33.7 Å². The van der Waals surface area contributed by atoms with Gasteiger partial charge in [0.25, 0.3) is 5.91 Å². The number of likely N-dealkylation sites (tertiary alicyclic amines) is 2. The molecular formula is C35H54N6O7. The fourth-order valence-corrected chi connectivity index (χ4v) is 7.14. The number of ketones is 1. The minimum atomic E-state index is -1.03. The van der Waals surface area contributed by atoms with Crippen LogP contribution in [0.1, 0.15) is 87.5 Å². The van der Waals surface area contributed by atoms with Gasteiger partial charge in [0, 0.05) is 32.5 Å². The predicted octanol–water partition coefficient (Wildman–Crippen LogP) is 1.90. The van der Waals surface area contributed by atoms with Crippen LogP contribution < -0.4 is 21.3 Å². The second-order valence-electron chi connectivity index (χ2n) is 16.7. The van der Waals surface area contributed by atoms with Crippen molar-refractivity contribution in [3.8, 4) is 0 Å². The first-order valence-electron chi connectivity index (χ1n) is 17.1. The number of imide groups is 1. The van der Waals surface area contributed by atoms with Crippen LogP contribution in [0.5, 0.6) is 0 Å². The lowest BCUT2D eigenvalue weighted by molar-refractivity contribution is -0.148. The topological polar surface area (TPSA) is 174 Å². The molecule has 0 aromatic heterocycles. The van der Waals surface area contributed by atoms with Crippen molar-refractivity contribution >= 4 is 41.4 Å². The summed E-state index contributed by atoms with van der Waals surface area (Å²) in [6.07, 6.45) is 3.93. The second-order valence-corrected chi connectivity index (χ2v) is 16.7.